The summed E-state index contributed by atoms with van der Waals surface area (Å²) in [7, 11) is 3.06. The molecule has 1 aromatic carbocycles. The zero-order chi connectivity index (χ0) is 26.1. The number of nitrogens with zero attached hydrogens (tertiary/aromatic N) is 5. The number of carboxylic acids is 1. The second-order valence-corrected chi connectivity index (χ2v) is 9.09. The van der Waals surface area contributed by atoms with Gasteiger partial charge in [0.15, 0.2) is 11.6 Å². The normalized spacial score (nSPS) is 18.7. The molecule has 3 aromatic rings. The largest absolute Gasteiger partial charge is 0.497 e. The molecule has 3 heterocycles. The van der Waals surface area contributed by atoms with E-state index in [9.17, 15) is 14.7 Å². The van der Waals surface area contributed by atoms with Gasteiger partial charge in [0.1, 0.15) is 24.1 Å². The zero-order valence-electron chi connectivity index (χ0n) is 20.4. The van der Waals surface area contributed by atoms with E-state index < -0.39 is 17.2 Å². The van der Waals surface area contributed by atoms with Crippen LogP contribution in [-0.4, -0.2) is 66.4 Å². The van der Waals surface area contributed by atoms with Gasteiger partial charge < -0.3 is 24.1 Å². The topological polar surface area (TPSA) is 119 Å². The van der Waals surface area contributed by atoms with E-state index in [1.54, 1.807) is 22.8 Å². The molecule has 0 radical (unpaired) electrons. The fraction of sp³-hybridized carbons (Fsp3) is 0.346. The smallest absolute Gasteiger partial charge is 0.341 e. The number of rotatable bonds is 8. The van der Waals surface area contributed by atoms with Crippen molar-refractivity contribution < 1.29 is 23.9 Å². The van der Waals surface area contributed by atoms with Crippen LogP contribution in [0.3, 0.4) is 0 Å². The van der Waals surface area contributed by atoms with Crippen molar-refractivity contribution in [2.75, 3.05) is 38.8 Å². The molecule has 5 rings (SSSR count). The Labute approximate surface area is 211 Å². The second-order valence-electron chi connectivity index (χ2n) is 9.09. The lowest BCUT2D eigenvalue weighted by Gasteiger charge is -2.19. The number of methoxy groups -OCH3 is 1. The highest BCUT2D eigenvalue weighted by Crippen LogP contribution is 2.37. The molecule has 2 aliphatic rings. The van der Waals surface area contributed by atoms with Gasteiger partial charge in [-0.3, -0.25) is 9.79 Å². The van der Waals surface area contributed by atoms with Crippen molar-refractivity contribution in [3.8, 4) is 5.75 Å². The van der Waals surface area contributed by atoms with Gasteiger partial charge in [0.25, 0.3) is 0 Å². The second kappa shape index (κ2) is 10.00. The average molecular weight is 508 g/mol. The first kappa shape index (κ1) is 24.4. The first-order valence-electron chi connectivity index (χ1n) is 11.9. The van der Waals surface area contributed by atoms with Crippen molar-refractivity contribution in [1.82, 2.24) is 9.55 Å². The Kier molecular flexibility index (Phi) is 6.60. The monoisotopic (exact) mass is 507 g/mol. The number of carboxylic acid groups (broad SMARTS) is 1. The van der Waals surface area contributed by atoms with Gasteiger partial charge in [0, 0.05) is 37.5 Å². The lowest BCUT2D eigenvalue weighted by molar-refractivity contribution is 0.0695. The van der Waals surface area contributed by atoms with E-state index in [1.165, 1.54) is 13.3 Å². The van der Waals surface area contributed by atoms with Gasteiger partial charge in [-0.2, -0.15) is 0 Å². The third-order valence-electron chi connectivity index (χ3n) is 6.56. The summed E-state index contributed by atoms with van der Waals surface area (Å²) in [6.07, 6.45) is 4.76. The van der Waals surface area contributed by atoms with Gasteiger partial charge in [-0.25, -0.2) is 14.2 Å². The number of carbonyl (C=O) groups is 1. The number of oxime groups is 1. The minimum absolute atomic E-state index is 0.0382. The molecule has 1 aliphatic carbocycles. The van der Waals surface area contributed by atoms with E-state index in [-0.39, 0.29) is 40.9 Å². The molecular formula is C26H26FN5O5. The van der Waals surface area contributed by atoms with E-state index in [1.807, 2.05) is 24.3 Å². The molecule has 1 atom stereocenters. The predicted octanol–water partition coefficient (Wildman–Crippen LogP) is 3.14. The molecule has 2 fully saturated rings. The van der Waals surface area contributed by atoms with Crippen molar-refractivity contribution in [3.05, 3.63) is 63.7 Å². The molecule has 11 heteroatoms. The molecule has 1 saturated carbocycles. The number of ether oxygens (including phenoxy) is 1. The van der Waals surface area contributed by atoms with Crippen LogP contribution in [0.25, 0.3) is 11.0 Å². The lowest BCUT2D eigenvalue weighted by Crippen LogP contribution is -2.25. The summed E-state index contributed by atoms with van der Waals surface area (Å²) in [5, 5.41) is 13.5. The third kappa shape index (κ3) is 4.89. The molecule has 192 valence electrons. The van der Waals surface area contributed by atoms with Gasteiger partial charge in [-0.1, -0.05) is 5.16 Å². The van der Waals surface area contributed by atoms with E-state index in [0.717, 1.165) is 30.2 Å². The zero-order valence-corrected chi connectivity index (χ0v) is 20.4. The van der Waals surface area contributed by atoms with Crippen LogP contribution in [0.5, 0.6) is 5.75 Å². The Morgan fingerprint density at radius 1 is 1.27 bits per heavy atom. The molecule has 0 bridgehead atoms. The van der Waals surface area contributed by atoms with Gasteiger partial charge in [0.05, 0.1) is 24.8 Å². The summed E-state index contributed by atoms with van der Waals surface area (Å²) >= 11 is 0. The fourth-order valence-corrected chi connectivity index (χ4v) is 4.52. The fourth-order valence-electron chi connectivity index (χ4n) is 4.52. The number of hydrogen-bond acceptors (Lipinski definition) is 8. The first-order chi connectivity index (χ1) is 17.9. The molecule has 10 nitrogen and oxygen atoms in total. The van der Waals surface area contributed by atoms with Crippen molar-refractivity contribution in [1.29, 1.82) is 0 Å². The maximum atomic E-state index is 15.3. The maximum Gasteiger partial charge on any atom is 0.341 e. The van der Waals surface area contributed by atoms with Crippen molar-refractivity contribution in [2.24, 2.45) is 16.1 Å². The molecular weight excluding hydrogens is 481 g/mol. The van der Waals surface area contributed by atoms with Gasteiger partial charge in [-0.15, -0.1) is 0 Å². The molecule has 0 amide bonds. The predicted molar refractivity (Wildman–Crippen MR) is 137 cm³/mol. The summed E-state index contributed by atoms with van der Waals surface area (Å²) in [5.74, 6) is -1.34. The number of pyridine rings is 2. The number of aromatic nitrogens is 2. The van der Waals surface area contributed by atoms with E-state index in [2.05, 4.69) is 15.1 Å². The van der Waals surface area contributed by atoms with Crippen LogP contribution in [0.2, 0.25) is 0 Å². The summed E-state index contributed by atoms with van der Waals surface area (Å²) in [5.41, 5.74) is 0.767. The quantitative estimate of drug-likeness (QED) is 0.368. The number of fused-ring (bicyclic) bond motifs is 1. The molecule has 0 spiro atoms. The van der Waals surface area contributed by atoms with Gasteiger partial charge >= 0.3 is 5.97 Å². The maximum absolute atomic E-state index is 15.3. The Bertz CT molecular complexity index is 1460. The average Bonchev–Trinajstić information content (AvgIpc) is 3.66. The van der Waals surface area contributed by atoms with E-state index in [4.69, 9.17) is 9.57 Å². The van der Waals surface area contributed by atoms with Crippen LogP contribution in [0.15, 0.2) is 51.5 Å². The first-order valence-corrected chi connectivity index (χ1v) is 11.9. The highest BCUT2D eigenvalue weighted by molar-refractivity contribution is 5.95. The number of hydrogen-bond donors (Lipinski definition) is 1. The van der Waals surface area contributed by atoms with Crippen molar-refractivity contribution in [3.63, 3.8) is 0 Å². The van der Waals surface area contributed by atoms with Crippen LogP contribution in [0.4, 0.5) is 10.2 Å². The summed E-state index contributed by atoms with van der Waals surface area (Å²) < 4.78 is 22.1. The Morgan fingerprint density at radius 3 is 2.68 bits per heavy atom. The lowest BCUT2D eigenvalue weighted by atomic mass is 10.1. The summed E-state index contributed by atoms with van der Waals surface area (Å²) in [6, 6.07) is 8.63. The van der Waals surface area contributed by atoms with Crippen LogP contribution < -0.4 is 15.1 Å². The van der Waals surface area contributed by atoms with Crippen LogP contribution in [0.1, 0.15) is 34.8 Å². The summed E-state index contributed by atoms with van der Waals surface area (Å²) in [4.78, 5) is 40.2. The summed E-state index contributed by atoms with van der Waals surface area (Å²) in [6.45, 7) is 1.10. The minimum atomic E-state index is -1.34. The van der Waals surface area contributed by atoms with Crippen molar-refractivity contribution in [2.45, 2.75) is 18.9 Å². The molecule has 1 saturated heterocycles. The minimum Gasteiger partial charge on any atom is -0.497 e. The SMILES string of the molecule is CO/N=C1/CN(c2nc3c(cc2F)c(=O)c(C(=O)O)cn3C2CC2)CC1CN=Cc1ccc(OC)cc1. The number of halogens is 1. The highest BCUT2D eigenvalue weighted by atomic mass is 19.1. The molecule has 1 aliphatic heterocycles. The Hall–Kier alpha value is -4.28. The van der Waals surface area contributed by atoms with Crippen LogP contribution in [-0.2, 0) is 4.84 Å². The molecule has 37 heavy (non-hydrogen) atoms. The standard InChI is InChI=1S/C26H26FN5O5/c1-36-18-7-3-15(4-8-18)10-28-11-16-12-31(14-22(16)30-37-2)25-21(27)9-19-23(33)20(26(34)35)13-32(17-5-6-17)24(19)29-25/h3-4,7-10,13,16-17H,5-6,11-12,14H2,1-2H3,(H,34,35)/b28-10?,30-22-. The van der Waals surface area contributed by atoms with Crippen LogP contribution >= 0.6 is 0 Å². The van der Waals surface area contributed by atoms with Gasteiger partial charge in [0.2, 0.25) is 5.43 Å². The molecule has 1 unspecified atom stereocenters. The van der Waals surface area contributed by atoms with Gasteiger partial charge in [-0.05, 0) is 48.7 Å². The Balaban J connectivity index is 1.44. The van der Waals surface area contributed by atoms with Crippen LogP contribution in [0, 0.1) is 11.7 Å². The van der Waals surface area contributed by atoms with E-state index in [0.29, 0.717) is 18.8 Å². The van der Waals surface area contributed by atoms with Crippen molar-refractivity contribution >= 4 is 34.7 Å². The molecule has 1 N–H and O–H groups in total. The Morgan fingerprint density at radius 2 is 2.03 bits per heavy atom. The van der Waals surface area contributed by atoms with E-state index >= 15 is 4.39 Å². The molecule has 2 aromatic heterocycles. The number of anilines is 1. The number of aliphatic imine (C=N–C) groups is 1. The number of aromatic carboxylic acids is 1. The highest BCUT2D eigenvalue weighted by Gasteiger charge is 2.33. The third-order valence-corrected chi connectivity index (χ3v) is 6.56. The number of benzene rings is 1.